The van der Waals surface area contributed by atoms with Crippen molar-refractivity contribution in [2.45, 2.75) is 34.2 Å². The van der Waals surface area contributed by atoms with E-state index in [0.717, 1.165) is 55.5 Å². The summed E-state index contributed by atoms with van der Waals surface area (Å²) in [4.78, 5) is 19.3. The van der Waals surface area contributed by atoms with E-state index in [1.165, 1.54) is 0 Å². The lowest BCUT2D eigenvalue weighted by molar-refractivity contribution is -0.129. The average molecular weight is 432 g/mol. The number of hydrogen-bond acceptors (Lipinski definition) is 4. The molecule has 6 nitrogen and oxygen atoms in total. The predicted molar refractivity (Wildman–Crippen MR) is 124 cm³/mol. The lowest BCUT2D eigenvalue weighted by Crippen LogP contribution is -2.47. The van der Waals surface area contributed by atoms with Gasteiger partial charge in [0, 0.05) is 38.3 Å². The molecule has 3 rings (SSSR count). The van der Waals surface area contributed by atoms with Gasteiger partial charge in [0.1, 0.15) is 11.7 Å². The van der Waals surface area contributed by atoms with Crippen molar-refractivity contribution in [3.63, 3.8) is 0 Å². The highest BCUT2D eigenvalue weighted by molar-refractivity contribution is 6.27. The molecule has 0 N–H and O–H groups in total. The normalized spacial score (nSPS) is 15.1. The number of carbonyl (C=O) groups excluding carboxylic acids is 1. The van der Waals surface area contributed by atoms with Gasteiger partial charge in [0.2, 0.25) is 5.91 Å². The highest BCUT2D eigenvalue weighted by Crippen LogP contribution is 2.30. The van der Waals surface area contributed by atoms with Gasteiger partial charge in [0.15, 0.2) is 0 Å². The van der Waals surface area contributed by atoms with Crippen LogP contribution in [0.25, 0.3) is 5.69 Å². The molecule has 0 saturated carbocycles. The highest BCUT2D eigenvalue weighted by atomic mass is 35.5. The molecule has 0 atom stereocenters. The van der Waals surface area contributed by atoms with E-state index < -0.39 is 0 Å². The Bertz CT molecular complexity index is 828. The number of aryl methyl sites for hydroxylation is 1. The number of aromatic nitrogens is 2. The Hall–Kier alpha value is -2.05. The predicted octanol–water partition coefficient (Wildman–Crippen LogP) is 3.55. The molecule has 1 aromatic heterocycles. The van der Waals surface area contributed by atoms with Gasteiger partial charge in [-0.15, -0.1) is 11.6 Å². The van der Waals surface area contributed by atoms with Crippen molar-refractivity contribution in [1.82, 2.24) is 19.6 Å². The summed E-state index contributed by atoms with van der Waals surface area (Å²) >= 11 is 5.93. The van der Waals surface area contributed by atoms with Crippen LogP contribution < -0.4 is 4.90 Å². The molecule has 2 heterocycles. The summed E-state index contributed by atoms with van der Waals surface area (Å²) in [6, 6.07) is 10.2. The molecule has 0 aliphatic carbocycles. The van der Waals surface area contributed by atoms with Crippen molar-refractivity contribution < 1.29 is 4.79 Å². The lowest BCUT2D eigenvalue weighted by atomic mass is 10.1. The molecule has 1 amide bonds. The second-order valence-corrected chi connectivity index (χ2v) is 8.63. The third-order valence-electron chi connectivity index (χ3n) is 5.68. The Balaban J connectivity index is 2.01. The molecule has 0 radical (unpaired) electrons. The molecular formula is C23H34ClN5O. The van der Waals surface area contributed by atoms with E-state index in [-0.39, 0.29) is 11.8 Å². The van der Waals surface area contributed by atoms with Crippen LogP contribution in [0.2, 0.25) is 0 Å². The number of hydrogen-bond donors (Lipinski definition) is 0. The number of piperazine rings is 1. The number of amides is 1. The van der Waals surface area contributed by atoms with Crippen molar-refractivity contribution in [3.8, 4) is 5.69 Å². The first-order chi connectivity index (χ1) is 14.4. The molecule has 1 aliphatic rings. The van der Waals surface area contributed by atoms with E-state index in [0.29, 0.717) is 19.0 Å². The van der Waals surface area contributed by atoms with Gasteiger partial charge < -0.3 is 14.7 Å². The molecule has 2 aromatic rings. The fourth-order valence-corrected chi connectivity index (χ4v) is 4.22. The largest absolute Gasteiger partial charge is 0.354 e. The molecule has 164 valence electrons. The smallest absolute Gasteiger partial charge is 0.237 e. The first-order valence-electron chi connectivity index (χ1n) is 10.9. The van der Waals surface area contributed by atoms with E-state index in [1.807, 2.05) is 34.7 Å². The number of carbonyl (C=O) groups is 1. The van der Waals surface area contributed by atoms with Crippen LogP contribution in [0.15, 0.2) is 30.3 Å². The van der Waals surface area contributed by atoms with Gasteiger partial charge in [0.05, 0.1) is 17.9 Å². The number of halogens is 1. The number of anilines is 1. The number of para-hydroxylation sites is 1. The quantitative estimate of drug-likeness (QED) is 0.599. The van der Waals surface area contributed by atoms with Crippen molar-refractivity contribution in [2.75, 3.05) is 50.0 Å². The van der Waals surface area contributed by atoms with Crippen LogP contribution in [0.3, 0.4) is 0 Å². The first kappa shape index (κ1) is 22.6. The van der Waals surface area contributed by atoms with Crippen molar-refractivity contribution in [3.05, 3.63) is 41.6 Å². The molecule has 30 heavy (non-hydrogen) atoms. The van der Waals surface area contributed by atoms with Gasteiger partial charge in [-0.05, 0) is 31.5 Å². The van der Waals surface area contributed by atoms with Gasteiger partial charge in [-0.1, -0.05) is 39.0 Å². The number of rotatable bonds is 8. The van der Waals surface area contributed by atoms with Crippen molar-refractivity contribution in [1.29, 1.82) is 0 Å². The maximum absolute atomic E-state index is 12.6. The van der Waals surface area contributed by atoms with E-state index in [9.17, 15) is 4.79 Å². The van der Waals surface area contributed by atoms with Crippen LogP contribution in [-0.2, 0) is 11.3 Å². The van der Waals surface area contributed by atoms with Crippen LogP contribution >= 0.6 is 11.6 Å². The van der Waals surface area contributed by atoms with Crippen LogP contribution in [0, 0.1) is 12.8 Å². The monoisotopic (exact) mass is 431 g/mol. The standard InChI is InChI=1S/C23H34ClN5O/c1-5-26-11-13-27(14-12-26)23-21(17-28(16-18(2)3)22(30)15-24)19(4)25-29(23)20-9-7-6-8-10-20/h6-10,18H,5,11-17H2,1-4H3. The minimum atomic E-state index is -0.0287. The van der Waals surface area contributed by atoms with E-state index in [1.54, 1.807) is 0 Å². The molecular weight excluding hydrogens is 398 g/mol. The second-order valence-electron chi connectivity index (χ2n) is 8.36. The zero-order valence-electron chi connectivity index (χ0n) is 18.6. The zero-order valence-corrected chi connectivity index (χ0v) is 19.4. The molecule has 0 spiro atoms. The molecule has 1 fully saturated rings. The number of alkyl halides is 1. The highest BCUT2D eigenvalue weighted by Gasteiger charge is 2.27. The van der Waals surface area contributed by atoms with Gasteiger partial charge in [-0.25, -0.2) is 4.68 Å². The van der Waals surface area contributed by atoms with Crippen LogP contribution in [0.4, 0.5) is 5.82 Å². The van der Waals surface area contributed by atoms with E-state index in [4.69, 9.17) is 16.7 Å². The Morgan fingerprint density at radius 3 is 2.40 bits per heavy atom. The molecule has 1 aromatic carbocycles. The topological polar surface area (TPSA) is 44.6 Å². The van der Waals surface area contributed by atoms with Crippen molar-refractivity contribution in [2.24, 2.45) is 5.92 Å². The lowest BCUT2D eigenvalue weighted by Gasteiger charge is -2.36. The molecule has 7 heteroatoms. The third-order valence-corrected chi connectivity index (χ3v) is 5.91. The first-order valence-corrected chi connectivity index (χ1v) is 11.4. The summed E-state index contributed by atoms with van der Waals surface area (Å²) in [5.74, 6) is 1.45. The summed E-state index contributed by atoms with van der Waals surface area (Å²) in [5, 5.41) is 4.90. The van der Waals surface area contributed by atoms with Gasteiger partial charge in [-0.2, -0.15) is 5.10 Å². The van der Waals surface area contributed by atoms with Crippen LogP contribution in [0.5, 0.6) is 0 Å². The number of benzene rings is 1. The molecule has 0 bridgehead atoms. The Morgan fingerprint density at radius 1 is 1.17 bits per heavy atom. The maximum Gasteiger partial charge on any atom is 0.237 e. The van der Waals surface area contributed by atoms with Crippen molar-refractivity contribution >= 4 is 23.3 Å². The van der Waals surface area contributed by atoms with Gasteiger partial charge in [0.25, 0.3) is 0 Å². The summed E-state index contributed by atoms with van der Waals surface area (Å²) < 4.78 is 2.05. The molecule has 1 saturated heterocycles. The maximum atomic E-state index is 12.6. The minimum Gasteiger partial charge on any atom is -0.354 e. The summed E-state index contributed by atoms with van der Waals surface area (Å²) in [5.41, 5.74) is 3.12. The van der Waals surface area contributed by atoms with Gasteiger partial charge >= 0.3 is 0 Å². The Labute approximate surface area is 185 Å². The molecule has 0 unspecified atom stereocenters. The average Bonchev–Trinajstić information content (AvgIpc) is 3.09. The zero-order chi connectivity index (χ0) is 21.7. The van der Waals surface area contributed by atoms with Gasteiger partial charge in [-0.3, -0.25) is 4.79 Å². The number of nitrogens with zero attached hydrogens (tertiary/aromatic N) is 5. The summed E-state index contributed by atoms with van der Waals surface area (Å²) in [6.07, 6.45) is 0. The van der Waals surface area contributed by atoms with Crippen LogP contribution in [0.1, 0.15) is 32.0 Å². The summed E-state index contributed by atoms with van der Waals surface area (Å²) in [7, 11) is 0. The van der Waals surface area contributed by atoms with E-state index >= 15 is 0 Å². The Morgan fingerprint density at radius 2 is 1.83 bits per heavy atom. The third kappa shape index (κ3) is 5.16. The van der Waals surface area contributed by atoms with Crippen LogP contribution in [-0.4, -0.2) is 70.6 Å². The fraction of sp³-hybridized carbons (Fsp3) is 0.565. The minimum absolute atomic E-state index is 0.00307. The Kier molecular flexibility index (Phi) is 7.78. The fourth-order valence-electron chi connectivity index (χ4n) is 4.05. The molecule has 1 aliphatic heterocycles. The summed E-state index contributed by atoms with van der Waals surface area (Å²) in [6.45, 7) is 14.8. The SMILES string of the molecule is CCN1CCN(c2c(CN(CC(C)C)C(=O)CCl)c(C)nn2-c2ccccc2)CC1. The second kappa shape index (κ2) is 10.3. The van der Waals surface area contributed by atoms with E-state index in [2.05, 4.69) is 42.7 Å². The number of likely N-dealkylation sites (N-methyl/N-ethyl adjacent to an activating group) is 1.